The highest BCUT2D eigenvalue weighted by molar-refractivity contribution is 6.76. The summed E-state index contributed by atoms with van der Waals surface area (Å²) in [6.45, 7) is 8.54. The lowest BCUT2D eigenvalue weighted by Crippen LogP contribution is -2.62. The third-order valence-electron chi connectivity index (χ3n) is 7.31. The summed E-state index contributed by atoms with van der Waals surface area (Å²) in [5.74, 6) is -0.402. The number of fused-ring (bicyclic) bond motifs is 5. The Balaban J connectivity index is 1.44. The summed E-state index contributed by atoms with van der Waals surface area (Å²) in [5.41, 5.74) is 3.51. The molecule has 1 saturated heterocycles. The van der Waals surface area contributed by atoms with E-state index in [1.54, 1.807) is 12.1 Å². The minimum absolute atomic E-state index is 0.00843. The Bertz CT molecular complexity index is 1230. The fraction of sp³-hybridized carbons (Fsp3) is 0.424. The molecular weight excluding hydrogens is 536 g/mol. The van der Waals surface area contributed by atoms with Crippen LogP contribution in [-0.2, 0) is 48.2 Å². The number of benzene rings is 3. The molecule has 0 N–H and O–H groups in total. The molecule has 2 bridgehead atoms. The number of rotatable bonds is 10. The highest BCUT2D eigenvalue weighted by Gasteiger charge is 2.49. The normalized spacial score (nSPS) is 24.8. The van der Waals surface area contributed by atoms with Crippen LogP contribution >= 0.6 is 0 Å². The van der Waals surface area contributed by atoms with E-state index in [2.05, 4.69) is 19.6 Å². The number of esters is 1. The summed E-state index contributed by atoms with van der Waals surface area (Å²) in [6.07, 6.45) is -3.03. The third-order valence-corrected chi connectivity index (χ3v) is 9.01. The average molecular weight is 577 g/mol. The first-order chi connectivity index (χ1) is 19.9. The van der Waals surface area contributed by atoms with Gasteiger partial charge in [-0.15, -0.1) is 0 Å². The monoisotopic (exact) mass is 576 g/mol. The van der Waals surface area contributed by atoms with E-state index in [1.807, 2.05) is 72.8 Å². The smallest absolute Gasteiger partial charge is 0.338 e. The van der Waals surface area contributed by atoms with Gasteiger partial charge in [-0.2, -0.15) is 0 Å². The van der Waals surface area contributed by atoms with E-state index in [0.29, 0.717) is 32.0 Å². The van der Waals surface area contributed by atoms with Crippen molar-refractivity contribution in [3.63, 3.8) is 0 Å². The largest absolute Gasteiger partial charge is 0.459 e. The zero-order chi connectivity index (χ0) is 28.7. The maximum atomic E-state index is 12.8. The SMILES string of the molecule is C[Si](C)(C)CCO[C@@H]1O[C@@H]2COC(=O)c3ccc(cc3)CO[C@H]2[C@H](OCc2ccccc2)[C@H]1OCc1ccccc1. The van der Waals surface area contributed by atoms with Crippen LogP contribution in [0.15, 0.2) is 84.9 Å². The molecule has 3 heterocycles. The number of hydrogen-bond acceptors (Lipinski definition) is 7. The maximum Gasteiger partial charge on any atom is 0.338 e. The van der Waals surface area contributed by atoms with Gasteiger partial charge >= 0.3 is 5.97 Å². The van der Waals surface area contributed by atoms with E-state index in [4.69, 9.17) is 28.4 Å². The van der Waals surface area contributed by atoms with Crippen molar-refractivity contribution >= 4 is 14.0 Å². The standard InChI is InChI=1S/C33H40O7Si/c1-41(2,3)19-18-35-33-31(38-21-25-12-8-5-9-13-25)30(37-20-24-10-6-4-7-11-24)29-28(40-33)23-39-32(34)27-16-14-26(15-17-27)22-36-29/h4-17,28-31,33H,18-23H2,1-3H3/t28-,29-,30+,31-,33-/m1/s1. The van der Waals surface area contributed by atoms with E-state index in [0.717, 1.165) is 22.7 Å². The summed E-state index contributed by atoms with van der Waals surface area (Å²) in [5, 5.41) is 0. The van der Waals surface area contributed by atoms with E-state index in [-0.39, 0.29) is 6.61 Å². The van der Waals surface area contributed by atoms with Crippen molar-refractivity contribution in [3.8, 4) is 0 Å². The van der Waals surface area contributed by atoms with Crippen molar-refractivity contribution in [2.24, 2.45) is 0 Å². The summed E-state index contributed by atoms with van der Waals surface area (Å²) >= 11 is 0. The Labute approximate surface area is 243 Å². The molecule has 41 heavy (non-hydrogen) atoms. The average Bonchev–Trinajstić information content (AvgIpc) is 3.02. The van der Waals surface area contributed by atoms with Gasteiger partial charge in [0, 0.05) is 14.7 Å². The summed E-state index contributed by atoms with van der Waals surface area (Å²) in [4.78, 5) is 12.8. The second-order valence-electron chi connectivity index (χ2n) is 11.8. The van der Waals surface area contributed by atoms with Gasteiger partial charge in [-0.3, -0.25) is 0 Å². The zero-order valence-electron chi connectivity index (χ0n) is 24.1. The lowest BCUT2D eigenvalue weighted by Gasteiger charge is -2.45. The molecular formula is C33H40O7Si. The number of carbonyl (C=O) groups is 1. The van der Waals surface area contributed by atoms with Crippen molar-refractivity contribution in [1.82, 2.24) is 0 Å². The van der Waals surface area contributed by atoms with Crippen LogP contribution in [0.1, 0.15) is 27.0 Å². The van der Waals surface area contributed by atoms with E-state index < -0.39 is 44.7 Å². The van der Waals surface area contributed by atoms with Crippen molar-refractivity contribution < 1.29 is 33.2 Å². The first-order valence-electron chi connectivity index (χ1n) is 14.3. The molecule has 3 aromatic rings. The van der Waals surface area contributed by atoms with Crippen molar-refractivity contribution in [3.05, 3.63) is 107 Å². The molecule has 0 aliphatic carbocycles. The van der Waals surface area contributed by atoms with Gasteiger partial charge in [-0.1, -0.05) is 92.4 Å². The molecule has 0 spiro atoms. The van der Waals surface area contributed by atoms with Crippen LogP contribution in [0.2, 0.25) is 25.7 Å². The van der Waals surface area contributed by atoms with Gasteiger partial charge < -0.3 is 28.4 Å². The Morgan fingerprint density at radius 2 is 1.39 bits per heavy atom. The Morgan fingerprint density at radius 3 is 2.00 bits per heavy atom. The van der Waals surface area contributed by atoms with E-state index in [1.165, 1.54) is 0 Å². The predicted molar refractivity (Wildman–Crippen MR) is 158 cm³/mol. The molecule has 3 aliphatic rings. The molecule has 0 saturated carbocycles. The number of ether oxygens (including phenoxy) is 6. The predicted octanol–water partition coefficient (Wildman–Crippen LogP) is 5.99. The van der Waals surface area contributed by atoms with Crippen LogP contribution in [-0.4, -0.2) is 58.0 Å². The highest BCUT2D eigenvalue weighted by atomic mass is 28.3. The fourth-order valence-corrected chi connectivity index (χ4v) is 5.63. The summed E-state index contributed by atoms with van der Waals surface area (Å²) < 4.78 is 38.3. The minimum Gasteiger partial charge on any atom is -0.459 e. The second kappa shape index (κ2) is 13.9. The quantitative estimate of drug-likeness (QED) is 0.217. The van der Waals surface area contributed by atoms with Gasteiger partial charge in [-0.25, -0.2) is 4.79 Å². The third kappa shape index (κ3) is 8.35. The molecule has 3 aromatic carbocycles. The van der Waals surface area contributed by atoms with Gasteiger partial charge in [0.25, 0.3) is 0 Å². The zero-order valence-corrected chi connectivity index (χ0v) is 25.1. The van der Waals surface area contributed by atoms with Crippen LogP contribution in [0.25, 0.3) is 0 Å². The molecule has 0 amide bonds. The molecule has 3 aliphatic heterocycles. The van der Waals surface area contributed by atoms with Gasteiger partial charge in [0.05, 0.1) is 25.4 Å². The van der Waals surface area contributed by atoms with Crippen molar-refractivity contribution in [2.45, 2.75) is 76.2 Å². The second-order valence-corrected chi connectivity index (χ2v) is 17.4. The van der Waals surface area contributed by atoms with Crippen LogP contribution in [0.4, 0.5) is 0 Å². The van der Waals surface area contributed by atoms with E-state index >= 15 is 0 Å². The van der Waals surface area contributed by atoms with Gasteiger partial charge in [-0.05, 0) is 34.9 Å². The fourth-order valence-electron chi connectivity index (χ4n) is 4.90. The highest BCUT2D eigenvalue weighted by Crippen LogP contribution is 2.32. The van der Waals surface area contributed by atoms with Gasteiger partial charge in [0.15, 0.2) is 6.29 Å². The van der Waals surface area contributed by atoms with Crippen molar-refractivity contribution in [2.75, 3.05) is 13.2 Å². The Kier molecular flexibility index (Phi) is 10.0. The molecule has 0 aromatic heterocycles. The molecule has 8 heteroatoms. The number of hydrogen-bond donors (Lipinski definition) is 0. The molecule has 0 radical (unpaired) electrons. The molecule has 218 valence electrons. The summed E-state index contributed by atoms with van der Waals surface area (Å²) in [6, 6.07) is 28.3. The first kappa shape index (κ1) is 29.6. The molecule has 1 fully saturated rings. The lowest BCUT2D eigenvalue weighted by molar-refractivity contribution is -0.325. The van der Waals surface area contributed by atoms with Crippen LogP contribution in [0.5, 0.6) is 0 Å². The lowest BCUT2D eigenvalue weighted by atomic mass is 9.98. The topological polar surface area (TPSA) is 72.5 Å². The Morgan fingerprint density at radius 1 is 0.780 bits per heavy atom. The van der Waals surface area contributed by atoms with Gasteiger partial charge in [0.1, 0.15) is 31.0 Å². The number of carbonyl (C=O) groups excluding carboxylic acids is 1. The van der Waals surface area contributed by atoms with Crippen LogP contribution < -0.4 is 0 Å². The maximum absolute atomic E-state index is 12.8. The molecule has 7 nitrogen and oxygen atoms in total. The van der Waals surface area contributed by atoms with Gasteiger partial charge in [0.2, 0.25) is 0 Å². The van der Waals surface area contributed by atoms with Crippen molar-refractivity contribution in [1.29, 1.82) is 0 Å². The molecule has 0 unspecified atom stereocenters. The molecule has 6 rings (SSSR count). The van der Waals surface area contributed by atoms with E-state index in [9.17, 15) is 4.79 Å². The Hall–Kier alpha value is -2.85. The summed E-state index contributed by atoms with van der Waals surface area (Å²) in [7, 11) is -1.36. The van der Waals surface area contributed by atoms with Crippen LogP contribution in [0, 0.1) is 0 Å². The first-order valence-corrected chi connectivity index (χ1v) is 18.0. The minimum atomic E-state index is -1.36. The molecule has 5 atom stereocenters. The van der Waals surface area contributed by atoms with Crippen LogP contribution in [0.3, 0.4) is 0 Å².